The molecule has 0 aliphatic rings. The molecule has 0 saturated carbocycles. The fourth-order valence-electron chi connectivity index (χ4n) is 2.24. The summed E-state index contributed by atoms with van der Waals surface area (Å²) < 4.78 is 1.70. The van der Waals surface area contributed by atoms with Gasteiger partial charge in [-0.2, -0.15) is 5.10 Å². The van der Waals surface area contributed by atoms with Crippen LogP contribution in [0.2, 0.25) is 0 Å². The predicted octanol–water partition coefficient (Wildman–Crippen LogP) is 5.39. The van der Waals surface area contributed by atoms with Gasteiger partial charge < -0.3 is 0 Å². The molecule has 3 heteroatoms. The first kappa shape index (κ1) is 19.1. The van der Waals surface area contributed by atoms with E-state index in [-0.39, 0.29) is 5.78 Å². The largest absolute Gasteiger partial charge is 0.287 e. The Kier molecular flexibility index (Phi) is 7.37. The van der Waals surface area contributed by atoms with Crippen LogP contribution in [0.3, 0.4) is 0 Å². The van der Waals surface area contributed by atoms with Crippen molar-refractivity contribution in [1.29, 1.82) is 0 Å². The summed E-state index contributed by atoms with van der Waals surface area (Å²) in [5, 5.41) is 4.48. The molecule has 1 rings (SSSR count). The zero-order valence-electron chi connectivity index (χ0n) is 14.6. The zero-order valence-corrected chi connectivity index (χ0v) is 14.6. The zero-order chi connectivity index (χ0) is 18.1. The summed E-state index contributed by atoms with van der Waals surface area (Å²) in [6.45, 7) is 16.9. The number of nitrogens with zero attached hydrogens (tertiary/aromatic N) is 2. The topological polar surface area (TPSA) is 34.9 Å². The number of hydrogen-bond acceptors (Lipinski definition) is 2. The molecule has 0 atom stereocenters. The van der Waals surface area contributed by atoms with E-state index in [1.807, 2.05) is 32.1 Å². The van der Waals surface area contributed by atoms with E-state index in [1.165, 1.54) is 6.08 Å². The van der Waals surface area contributed by atoms with Crippen LogP contribution in [0.25, 0.3) is 11.3 Å². The van der Waals surface area contributed by atoms with Crippen LogP contribution in [0.15, 0.2) is 80.0 Å². The molecule has 1 heterocycles. The van der Waals surface area contributed by atoms with Gasteiger partial charge in [0.05, 0.1) is 11.4 Å². The molecule has 0 aliphatic heterocycles. The van der Waals surface area contributed by atoms with Crippen molar-refractivity contribution in [2.75, 3.05) is 0 Å². The van der Waals surface area contributed by atoms with Crippen molar-refractivity contribution in [3.05, 3.63) is 91.4 Å². The number of hydrogen-bond donors (Lipinski definition) is 0. The van der Waals surface area contributed by atoms with Crippen LogP contribution in [-0.2, 0) is 0 Å². The van der Waals surface area contributed by atoms with Crippen LogP contribution in [0.1, 0.15) is 37.0 Å². The minimum absolute atomic E-state index is 0.162. The lowest BCUT2D eigenvalue weighted by molar-refractivity contribution is 0.103. The number of Topliss-reactive ketones (excluding diaryl/α,β-unsaturated/α-hetero) is 1. The van der Waals surface area contributed by atoms with Gasteiger partial charge in [0.15, 0.2) is 0 Å². The minimum atomic E-state index is -0.162. The molecule has 0 aromatic carbocycles. The molecule has 0 amide bonds. The Morgan fingerprint density at radius 1 is 1.12 bits per heavy atom. The molecular weight excluding hydrogens is 296 g/mol. The van der Waals surface area contributed by atoms with Gasteiger partial charge in [-0.1, -0.05) is 56.2 Å². The maximum atomic E-state index is 12.6. The van der Waals surface area contributed by atoms with Crippen LogP contribution in [-0.4, -0.2) is 15.6 Å². The van der Waals surface area contributed by atoms with E-state index in [4.69, 9.17) is 0 Å². The van der Waals surface area contributed by atoms with Gasteiger partial charge in [-0.3, -0.25) is 4.79 Å². The number of allylic oxidation sites excluding steroid dienone is 11. The third-order valence-electron chi connectivity index (χ3n) is 3.43. The van der Waals surface area contributed by atoms with Crippen molar-refractivity contribution < 1.29 is 4.79 Å². The van der Waals surface area contributed by atoms with Crippen molar-refractivity contribution in [3.63, 3.8) is 0 Å². The first-order chi connectivity index (χ1) is 11.6. The van der Waals surface area contributed by atoms with Gasteiger partial charge in [0.25, 0.3) is 0 Å². The molecule has 0 bridgehead atoms. The normalized spacial score (nSPS) is 13.2. The Morgan fingerprint density at radius 3 is 2.29 bits per heavy atom. The monoisotopic (exact) mass is 320 g/mol. The average Bonchev–Trinajstić information content (AvgIpc) is 3.03. The highest BCUT2D eigenvalue weighted by molar-refractivity contribution is 6.09. The summed E-state index contributed by atoms with van der Waals surface area (Å²) in [6, 6.07) is 1.78. The average molecular weight is 320 g/mol. The molecule has 24 heavy (non-hydrogen) atoms. The third kappa shape index (κ3) is 4.07. The van der Waals surface area contributed by atoms with Crippen LogP contribution in [0, 0.1) is 0 Å². The van der Waals surface area contributed by atoms with Crippen molar-refractivity contribution in [2.45, 2.75) is 20.8 Å². The number of rotatable bonds is 8. The number of aromatic nitrogens is 2. The molecule has 0 aliphatic carbocycles. The summed E-state index contributed by atoms with van der Waals surface area (Å²) in [6.07, 6.45) is 14.3. The van der Waals surface area contributed by atoms with E-state index in [0.29, 0.717) is 11.3 Å². The van der Waals surface area contributed by atoms with Crippen molar-refractivity contribution in [1.82, 2.24) is 9.78 Å². The maximum Gasteiger partial charge on any atom is 0.212 e. The van der Waals surface area contributed by atoms with Crippen LogP contribution < -0.4 is 0 Å². The van der Waals surface area contributed by atoms with Gasteiger partial charge in [-0.25, -0.2) is 4.68 Å². The molecular formula is C21H24N2O. The highest BCUT2D eigenvalue weighted by Crippen LogP contribution is 2.23. The van der Waals surface area contributed by atoms with Crippen molar-refractivity contribution in [3.8, 4) is 0 Å². The van der Waals surface area contributed by atoms with Crippen LogP contribution in [0.4, 0.5) is 0 Å². The van der Waals surface area contributed by atoms with Crippen molar-refractivity contribution >= 4 is 17.1 Å². The van der Waals surface area contributed by atoms with Gasteiger partial charge in [0.1, 0.15) is 5.69 Å². The smallest absolute Gasteiger partial charge is 0.212 e. The summed E-state index contributed by atoms with van der Waals surface area (Å²) in [4.78, 5) is 12.6. The quantitative estimate of drug-likeness (QED) is 0.365. The molecule has 0 fully saturated rings. The third-order valence-corrected chi connectivity index (χ3v) is 3.43. The molecule has 1 aromatic heterocycles. The van der Waals surface area contributed by atoms with Gasteiger partial charge in [-0.15, -0.1) is 0 Å². The summed E-state index contributed by atoms with van der Waals surface area (Å²) in [5.41, 5.74) is 3.39. The molecule has 1 aromatic rings. The summed E-state index contributed by atoms with van der Waals surface area (Å²) in [7, 11) is 0. The molecule has 0 saturated heterocycles. The second-order valence-electron chi connectivity index (χ2n) is 4.88. The fraction of sp³-hybridized carbons (Fsp3) is 0.143. The Hall–Kier alpha value is -2.94. The second-order valence-corrected chi connectivity index (χ2v) is 4.88. The Bertz CT molecular complexity index is 768. The van der Waals surface area contributed by atoms with E-state index < -0.39 is 0 Å². The molecule has 124 valence electrons. The summed E-state index contributed by atoms with van der Waals surface area (Å²) in [5.74, 6) is -0.162. The number of carbonyl (C=O) groups excluding carboxylic acids is 1. The van der Waals surface area contributed by atoms with Crippen LogP contribution >= 0.6 is 0 Å². The lowest BCUT2D eigenvalue weighted by Gasteiger charge is -2.08. The first-order valence-corrected chi connectivity index (χ1v) is 7.76. The van der Waals surface area contributed by atoms with Gasteiger partial charge in [-0.05, 0) is 44.6 Å². The van der Waals surface area contributed by atoms with E-state index in [9.17, 15) is 4.79 Å². The predicted molar refractivity (Wildman–Crippen MR) is 104 cm³/mol. The fourth-order valence-corrected chi connectivity index (χ4v) is 2.24. The first-order valence-electron chi connectivity index (χ1n) is 7.76. The standard InChI is InChI=1S/C21H24N2O/c1-7-13-17(11-5)20-15-19(21(24)16(9-3)10-4)22-23(20)18(12-6)14-8-2/h7-15H,2-3,6H2,1,4-5H3/b13-7-,16-10+,17-11+,18-14+. The number of carbonyl (C=O) groups is 1. The SMILES string of the molecule is C=C/C=C(\C=C)n1nc(C(=O)/C(C=C)=C/C)cc1C(/C=C\C)=C/C. The van der Waals surface area contributed by atoms with Crippen molar-refractivity contribution in [2.24, 2.45) is 0 Å². The second kappa shape index (κ2) is 9.26. The highest BCUT2D eigenvalue weighted by atomic mass is 16.1. The lowest BCUT2D eigenvalue weighted by Crippen LogP contribution is -2.05. The molecule has 3 nitrogen and oxygen atoms in total. The molecule has 0 spiro atoms. The summed E-state index contributed by atoms with van der Waals surface area (Å²) >= 11 is 0. The van der Waals surface area contributed by atoms with E-state index in [1.54, 1.807) is 42.0 Å². The lowest BCUT2D eigenvalue weighted by atomic mass is 10.1. The Balaban J connectivity index is 3.65. The van der Waals surface area contributed by atoms with Gasteiger partial charge in [0.2, 0.25) is 5.78 Å². The molecule has 0 radical (unpaired) electrons. The van der Waals surface area contributed by atoms with Gasteiger partial charge >= 0.3 is 0 Å². The highest BCUT2D eigenvalue weighted by Gasteiger charge is 2.18. The van der Waals surface area contributed by atoms with E-state index in [0.717, 1.165) is 17.0 Å². The number of ketones is 1. The molecule has 0 N–H and O–H groups in total. The maximum absolute atomic E-state index is 12.6. The van der Waals surface area contributed by atoms with E-state index in [2.05, 4.69) is 24.8 Å². The molecule has 0 unspecified atom stereocenters. The van der Waals surface area contributed by atoms with Crippen LogP contribution in [0.5, 0.6) is 0 Å². The van der Waals surface area contributed by atoms with Gasteiger partial charge in [0, 0.05) is 5.57 Å². The van der Waals surface area contributed by atoms with E-state index >= 15 is 0 Å². The Labute approximate surface area is 144 Å². The minimum Gasteiger partial charge on any atom is -0.287 e. The Morgan fingerprint density at radius 2 is 1.83 bits per heavy atom.